The van der Waals surface area contributed by atoms with E-state index in [0.717, 1.165) is 32.4 Å². The Morgan fingerprint density at radius 1 is 1.32 bits per heavy atom. The molecule has 1 saturated heterocycles. The van der Waals surface area contributed by atoms with Gasteiger partial charge in [0, 0.05) is 36.8 Å². The lowest BCUT2D eigenvalue weighted by atomic mass is 10.1. The summed E-state index contributed by atoms with van der Waals surface area (Å²) in [4.78, 5) is 26.6. The van der Waals surface area contributed by atoms with E-state index >= 15 is 0 Å². The molecule has 0 aliphatic carbocycles. The zero-order valence-electron chi connectivity index (χ0n) is 13.4. The number of likely N-dealkylation sites (tertiary alicyclic amines) is 1. The Labute approximate surface area is 132 Å². The van der Waals surface area contributed by atoms with Crippen molar-refractivity contribution in [3.63, 3.8) is 0 Å². The van der Waals surface area contributed by atoms with E-state index < -0.39 is 0 Å². The fourth-order valence-corrected chi connectivity index (χ4v) is 2.85. The van der Waals surface area contributed by atoms with Gasteiger partial charge in [-0.05, 0) is 44.5 Å². The number of carbonyl (C=O) groups is 2. The van der Waals surface area contributed by atoms with Crippen LogP contribution < -0.4 is 10.6 Å². The molecule has 120 valence electrons. The van der Waals surface area contributed by atoms with Gasteiger partial charge in [0.05, 0.1) is 0 Å². The summed E-state index contributed by atoms with van der Waals surface area (Å²) in [7, 11) is 1.90. The summed E-state index contributed by atoms with van der Waals surface area (Å²) >= 11 is 0. The second-order valence-electron chi connectivity index (χ2n) is 5.69. The highest BCUT2D eigenvalue weighted by Gasteiger charge is 2.28. The first-order chi connectivity index (χ1) is 10.7. The van der Waals surface area contributed by atoms with Crippen molar-refractivity contribution in [1.29, 1.82) is 0 Å². The first-order valence-electron chi connectivity index (χ1n) is 8.01. The largest absolute Gasteiger partial charge is 0.352 e. The maximum atomic E-state index is 12.7. The maximum absolute atomic E-state index is 12.7. The molecule has 0 saturated carbocycles. The zero-order valence-corrected chi connectivity index (χ0v) is 13.4. The molecule has 22 heavy (non-hydrogen) atoms. The lowest BCUT2D eigenvalue weighted by Crippen LogP contribution is -2.40. The quantitative estimate of drug-likeness (QED) is 0.840. The first kappa shape index (κ1) is 16.5. The van der Waals surface area contributed by atoms with Crippen LogP contribution >= 0.6 is 0 Å². The smallest absolute Gasteiger partial charge is 0.254 e. The van der Waals surface area contributed by atoms with Gasteiger partial charge in [-0.3, -0.25) is 9.59 Å². The minimum absolute atomic E-state index is 0.0166. The molecular weight excluding hydrogens is 278 g/mol. The fraction of sp³-hybridized carbons (Fsp3) is 0.529. The Morgan fingerprint density at radius 3 is 2.82 bits per heavy atom. The van der Waals surface area contributed by atoms with Crippen molar-refractivity contribution >= 4 is 11.8 Å². The molecule has 1 heterocycles. The third kappa shape index (κ3) is 3.85. The van der Waals surface area contributed by atoms with Crippen LogP contribution in [0.1, 0.15) is 46.9 Å². The van der Waals surface area contributed by atoms with Gasteiger partial charge in [-0.25, -0.2) is 0 Å². The topological polar surface area (TPSA) is 61.4 Å². The second-order valence-corrected chi connectivity index (χ2v) is 5.69. The highest BCUT2D eigenvalue weighted by Crippen LogP contribution is 2.20. The predicted octanol–water partition coefficient (Wildman–Crippen LogP) is 1.65. The van der Waals surface area contributed by atoms with Gasteiger partial charge in [0.15, 0.2) is 0 Å². The molecule has 2 rings (SSSR count). The minimum Gasteiger partial charge on any atom is -0.352 e. The molecule has 0 bridgehead atoms. The molecule has 2 N–H and O–H groups in total. The molecule has 5 nitrogen and oxygen atoms in total. The molecule has 0 spiro atoms. The lowest BCUT2D eigenvalue weighted by Gasteiger charge is -2.24. The average Bonchev–Trinajstić information content (AvgIpc) is 3.00. The summed E-state index contributed by atoms with van der Waals surface area (Å²) in [6, 6.07) is 7.25. The van der Waals surface area contributed by atoms with Crippen LogP contribution in [0.25, 0.3) is 0 Å². The van der Waals surface area contributed by atoms with E-state index in [4.69, 9.17) is 0 Å². The fourth-order valence-electron chi connectivity index (χ4n) is 2.85. The van der Waals surface area contributed by atoms with Crippen molar-refractivity contribution in [2.24, 2.45) is 0 Å². The van der Waals surface area contributed by atoms with Gasteiger partial charge in [-0.1, -0.05) is 13.0 Å². The average molecular weight is 303 g/mol. The predicted molar refractivity (Wildman–Crippen MR) is 87.1 cm³/mol. The number of benzene rings is 1. The third-order valence-electron chi connectivity index (χ3n) is 3.99. The van der Waals surface area contributed by atoms with Gasteiger partial charge in [0.2, 0.25) is 0 Å². The maximum Gasteiger partial charge on any atom is 0.254 e. The molecule has 1 unspecified atom stereocenters. The van der Waals surface area contributed by atoms with E-state index in [0.29, 0.717) is 17.7 Å². The summed E-state index contributed by atoms with van der Waals surface area (Å²) < 4.78 is 0. The van der Waals surface area contributed by atoms with Gasteiger partial charge in [-0.15, -0.1) is 0 Å². The van der Waals surface area contributed by atoms with Crippen molar-refractivity contribution in [2.45, 2.75) is 32.2 Å². The van der Waals surface area contributed by atoms with E-state index in [1.165, 1.54) is 0 Å². The number of carbonyl (C=O) groups excluding carboxylic acids is 2. The van der Waals surface area contributed by atoms with E-state index in [9.17, 15) is 9.59 Å². The number of amides is 2. The van der Waals surface area contributed by atoms with Crippen LogP contribution in [-0.2, 0) is 0 Å². The van der Waals surface area contributed by atoms with Crippen molar-refractivity contribution in [3.05, 3.63) is 35.4 Å². The van der Waals surface area contributed by atoms with Crippen LogP contribution in [-0.4, -0.2) is 49.4 Å². The van der Waals surface area contributed by atoms with Crippen molar-refractivity contribution < 1.29 is 9.59 Å². The molecule has 0 aromatic heterocycles. The van der Waals surface area contributed by atoms with Crippen LogP contribution in [0.4, 0.5) is 0 Å². The highest BCUT2D eigenvalue weighted by atomic mass is 16.2. The zero-order chi connectivity index (χ0) is 15.9. The lowest BCUT2D eigenvalue weighted by molar-refractivity contribution is 0.0737. The van der Waals surface area contributed by atoms with Gasteiger partial charge in [0.25, 0.3) is 11.8 Å². The van der Waals surface area contributed by atoms with Crippen LogP contribution in [0.2, 0.25) is 0 Å². The Balaban J connectivity index is 2.11. The Morgan fingerprint density at radius 2 is 2.09 bits per heavy atom. The molecule has 1 aromatic rings. The molecule has 1 aliphatic rings. The number of hydrogen-bond donors (Lipinski definition) is 2. The van der Waals surface area contributed by atoms with Crippen LogP contribution in [0.15, 0.2) is 24.3 Å². The number of likely N-dealkylation sites (N-methyl/N-ethyl adjacent to an activating group) is 1. The first-order valence-corrected chi connectivity index (χ1v) is 8.01. The molecule has 1 aliphatic heterocycles. The minimum atomic E-state index is -0.121. The number of nitrogens with one attached hydrogen (secondary N) is 2. The van der Waals surface area contributed by atoms with E-state index in [1.54, 1.807) is 24.3 Å². The van der Waals surface area contributed by atoms with Crippen molar-refractivity contribution in [3.8, 4) is 0 Å². The molecule has 1 fully saturated rings. The van der Waals surface area contributed by atoms with E-state index in [2.05, 4.69) is 10.6 Å². The molecule has 1 atom stereocenters. The summed E-state index contributed by atoms with van der Waals surface area (Å²) in [6.07, 6.45) is 2.96. The SMILES string of the molecule is CCCNC(=O)c1cccc(C(=O)N2CCCC2CNC)c1. The molecule has 2 amide bonds. The second kappa shape index (κ2) is 7.94. The molecular formula is C17H25N3O2. The van der Waals surface area contributed by atoms with Crippen LogP contribution in [0.5, 0.6) is 0 Å². The van der Waals surface area contributed by atoms with Crippen molar-refractivity contribution in [1.82, 2.24) is 15.5 Å². The summed E-state index contributed by atoms with van der Waals surface area (Å²) in [5.41, 5.74) is 1.14. The molecule has 0 radical (unpaired) electrons. The number of rotatable bonds is 6. The van der Waals surface area contributed by atoms with Gasteiger partial charge >= 0.3 is 0 Å². The van der Waals surface area contributed by atoms with E-state index in [-0.39, 0.29) is 17.9 Å². The van der Waals surface area contributed by atoms with Crippen LogP contribution in [0.3, 0.4) is 0 Å². The highest BCUT2D eigenvalue weighted by molar-refractivity contribution is 5.99. The van der Waals surface area contributed by atoms with Crippen LogP contribution in [0, 0.1) is 0 Å². The normalized spacial score (nSPS) is 17.5. The number of hydrogen-bond acceptors (Lipinski definition) is 3. The third-order valence-corrected chi connectivity index (χ3v) is 3.99. The summed E-state index contributed by atoms with van der Waals surface area (Å²) in [5.74, 6) is -0.104. The van der Waals surface area contributed by atoms with Gasteiger partial charge in [-0.2, -0.15) is 0 Å². The van der Waals surface area contributed by atoms with Gasteiger partial charge in [0.1, 0.15) is 0 Å². The Hall–Kier alpha value is -1.88. The molecule has 1 aromatic carbocycles. The molecule has 5 heteroatoms. The Kier molecular flexibility index (Phi) is 5.95. The van der Waals surface area contributed by atoms with E-state index in [1.807, 2.05) is 18.9 Å². The monoisotopic (exact) mass is 303 g/mol. The summed E-state index contributed by atoms with van der Waals surface area (Å²) in [6.45, 7) is 4.25. The number of nitrogens with zero attached hydrogens (tertiary/aromatic N) is 1. The van der Waals surface area contributed by atoms with Gasteiger partial charge < -0.3 is 15.5 Å². The standard InChI is InChI=1S/C17H25N3O2/c1-3-9-19-16(21)13-6-4-7-14(11-13)17(22)20-10-5-8-15(20)12-18-2/h4,6-7,11,15,18H,3,5,8-10,12H2,1-2H3,(H,19,21). The Bertz CT molecular complexity index is 530. The van der Waals surface area contributed by atoms with Crippen molar-refractivity contribution in [2.75, 3.05) is 26.7 Å². The summed E-state index contributed by atoms with van der Waals surface area (Å²) in [5, 5.41) is 5.98.